The molecule has 0 bridgehead atoms. The van der Waals surface area contributed by atoms with E-state index < -0.39 is 0 Å². The molecular weight excluding hydrogens is 404 g/mol. The number of rotatable bonds is 11. The highest BCUT2D eigenvalue weighted by Gasteiger charge is 2.19. The van der Waals surface area contributed by atoms with Gasteiger partial charge in [0.1, 0.15) is 17.2 Å². The number of carbonyl (C=O) groups excluding carboxylic acids is 1. The highest BCUT2D eigenvalue weighted by molar-refractivity contribution is 5.95. The molecule has 3 aromatic rings. The van der Waals surface area contributed by atoms with E-state index in [1.165, 1.54) is 0 Å². The van der Waals surface area contributed by atoms with Crippen LogP contribution in [0.2, 0.25) is 0 Å². The van der Waals surface area contributed by atoms with Crippen LogP contribution >= 0.6 is 0 Å². The summed E-state index contributed by atoms with van der Waals surface area (Å²) >= 11 is 0. The third kappa shape index (κ3) is 5.84. The molecule has 6 heteroatoms. The standard InChI is InChI=1S/C26H32N2O4/c1-5-6-12-28(26(29)21-15-24(31-3)17-25(16-21)32-4)19-22-10-8-13-27(22)18-20-9-7-11-23(14-20)30-2/h7-11,13-17H,5-6,12,18-19H2,1-4H3. The number of nitrogens with zero attached hydrogens (tertiary/aromatic N) is 2. The van der Waals surface area contributed by atoms with Crippen molar-refractivity contribution in [2.24, 2.45) is 0 Å². The zero-order valence-electron chi connectivity index (χ0n) is 19.3. The van der Waals surface area contributed by atoms with E-state index in [2.05, 4.69) is 23.6 Å². The van der Waals surface area contributed by atoms with Crippen molar-refractivity contribution in [1.82, 2.24) is 9.47 Å². The Morgan fingerprint density at radius 1 is 0.906 bits per heavy atom. The number of hydrogen-bond donors (Lipinski definition) is 0. The number of hydrogen-bond acceptors (Lipinski definition) is 4. The van der Waals surface area contributed by atoms with Gasteiger partial charge < -0.3 is 23.7 Å². The zero-order valence-corrected chi connectivity index (χ0v) is 19.3. The molecule has 1 amide bonds. The minimum absolute atomic E-state index is 0.0372. The second-order valence-electron chi connectivity index (χ2n) is 7.66. The second-order valence-corrected chi connectivity index (χ2v) is 7.66. The number of amides is 1. The van der Waals surface area contributed by atoms with Crippen LogP contribution in [0.25, 0.3) is 0 Å². The summed E-state index contributed by atoms with van der Waals surface area (Å²) in [5.41, 5.74) is 2.78. The number of carbonyl (C=O) groups is 1. The highest BCUT2D eigenvalue weighted by Crippen LogP contribution is 2.24. The minimum atomic E-state index is -0.0372. The van der Waals surface area contributed by atoms with Crippen molar-refractivity contribution in [2.75, 3.05) is 27.9 Å². The first-order valence-electron chi connectivity index (χ1n) is 10.9. The van der Waals surface area contributed by atoms with Gasteiger partial charge in [-0.05, 0) is 48.4 Å². The summed E-state index contributed by atoms with van der Waals surface area (Å²) in [5.74, 6) is 2.00. The summed E-state index contributed by atoms with van der Waals surface area (Å²) in [6.45, 7) is 4.04. The molecule has 1 aromatic heterocycles. The van der Waals surface area contributed by atoms with Gasteiger partial charge in [-0.2, -0.15) is 0 Å². The number of ether oxygens (including phenoxy) is 3. The van der Waals surface area contributed by atoms with Crippen LogP contribution in [0.15, 0.2) is 60.8 Å². The summed E-state index contributed by atoms with van der Waals surface area (Å²) in [5, 5.41) is 0. The fourth-order valence-corrected chi connectivity index (χ4v) is 3.63. The van der Waals surface area contributed by atoms with Crippen LogP contribution in [0.1, 0.15) is 41.4 Å². The van der Waals surface area contributed by atoms with Gasteiger partial charge in [0.25, 0.3) is 5.91 Å². The SMILES string of the molecule is CCCCN(Cc1cccn1Cc1cccc(OC)c1)C(=O)c1cc(OC)cc(OC)c1. The Hall–Kier alpha value is -3.41. The molecule has 0 unspecified atom stereocenters. The molecule has 0 radical (unpaired) electrons. The minimum Gasteiger partial charge on any atom is -0.497 e. The Kier molecular flexibility index (Phi) is 8.20. The van der Waals surface area contributed by atoms with Gasteiger partial charge in [0.15, 0.2) is 0 Å². The van der Waals surface area contributed by atoms with Gasteiger partial charge in [0.05, 0.1) is 27.9 Å². The molecule has 0 saturated carbocycles. The molecule has 3 rings (SSSR count). The van der Waals surface area contributed by atoms with Crippen molar-refractivity contribution in [3.8, 4) is 17.2 Å². The van der Waals surface area contributed by atoms with Gasteiger partial charge in [-0.25, -0.2) is 0 Å². The summed E-state index contributed by atoms with van der Waals surface area (Å²) < 4.78 is 18.2. The van der Waals surface area contributed by atoms with Crippen LogP contribution in [-0.2, 0) is 13.1 Å². The lowest BCUT2D eigenvalue weighted by molar-refractivity contribution is 0.0736. The summed E-state index contributed by atoms with van der Waals surface area (Å²) in [4.78, 5) is 15.4. The molecule has 0 aliphatic heterocycles. The molecule has 32 heavy (non-hydrogen) atoms. The molecule has 0 spiro atoms. The summed E-state index contributed by atoms with van der Waals surface area (Å²) in [7, 11) is 4.84. The van der Waals surface area contributed by atoms with E-state index in [4.69, 9.17) is 14.2 Å². The molecule has 170 valence electrons. The van der Waals surface area contributed by atoms with Gasteiger partial charge in [-0.15, -0.1) is 0 Å². The number of benzene rings is 2. The molecule has 1 heterocycles. The quantitative estimate of drug-likeness (QED) is 0.424. The third-order valence-electron chi connectivity index (χ3n) is 5.43. The van der Waals surface area contributed by atoms with Crippen molar-refractivity contribution < 1.29 is 19.0 Å². The van der Waals surface area contributed by atoms with Crippen LogP contribution in [0.3, 0.4) is 0 Å². The summed E-state index contributed by atoms with van der Waals surface area (Å²) in [6, 6.07) is 17.4. The van der Waals surface area contributed by atoms with Crippen molar-refractivity contribution >= 4 is 5.91 Å². The van der Waals surface area contributed by atoms with Crippen LogP contribution in [0.5, 0.6) is 17.2 Å². The molecule has 0 fully saturated rings. The normalized spacial score (nSPS) is 10.6. The largest absolute Gasteiger partial charge is 0.497 e. The van der Waals surface area contributed by atoms with Crippen LogP contribution in [0, 0.1) is 0 Å². The molecular formula is C26H32N2O4. The Morgan fingerprint density at radius 3 is 2.28 bits per heavy atom. The Balaban J connectivity index is 1.84. The van der Waals surface area contributed by atoms with Crippen molar-refractivity contribution in [1.29, 1.82) is 0 Å². The second kappa shape index (κ2) is 11.3. The van der Waals surface area contributed by atoms with E-state index in [1.807, 2.05) is 35.4 Å². The summed E-state index contributed by atoms with van der Waals surface area (Å²) in [6.07, 6.45) is 3.99. The maximum absolute atomic E-state index is 13.5. The Labute approximate surface area is 190 Å². The van der Waals surface area contributed by atoms with Gasteiger partial charge in [0, 0.05) is 36.6 Å². The fourth-order valence-electron chi connectivity index (χ4n) is 3.63. The lowest BCUT2D eigenvalue weighted by Crippen LogP contribution is -2.32. The smallest absolute Gasteiger partial charge is 0.254 e. The number of aromatic nitrogens is 1. The van der Waals surface area contributed by atoms with Crippen LogP contribution in [0.4, 0.5) is 0 Å². The Bertz CT molecular complexity index is 1010. The van der Waals surface area contributed by atoms with Gasteiger partial charge in [-0.3, -0.25) is 4.79 Å². The molecule has 0 N–H and O–H groups in total. The number of methoxy groups -OCH3 is 3. The fraction of sp³-hybridized carbons (Fsp3) is 0.346. The molecule has 0 atom stereocenters. The monoisotopic (exact) mass is 436 g/mol. The third-order valence-corrected chi connectivity index (χ3v) is 5.43. The molecule has 0 aliphatic rings. The van der Waals surface area contributed by atoms with E-state index >= 15 is 0 Å². The van der Waals surface area contributed by atoms with Crippen LogP contribution in [-0.4, -0.2) is 43.2 Å². The first kappa shape index (κ1) is 23.3. The number of unbranched alkanes of at least 4 members (excludes halogenated alkanes) is 1. The maximum atomic E-state index is 13.5. The van der Waals surface area contributed by atoms with Gasteiger partial charge in [-0.1, -0.05) is 25.5 Å². The van der Waals surface area contributed by atoms with E-state index in [0.717, 1.165) is 29.8 Å². The zero-order chi connectivity index (χ0) is 22.9. The molecule has 0 aliphatic carbocycles. The van der Waals surface area contributed by atoms with E-state index in [9.17, 15) is 4.79 Å². The topological polar surface area (TPSA) is 52.9 Å². The lowest BCUT2D eigenvalue weighted by atomic mass is 10.1. The van der Waals surface area contributed by atoms with Crippen molar-refractivity contribution in [3.63, 3.8) is 0 Å². The lowest BCUT2D eigenvalue weighted by Gasteiger charge is -2.24. The average molecular weight is 437 g/mol. The Morgan fingerprint density at radius 2 is 1.62 bits per heavy atom. The molecule has 6 nitrogen and oxygen atoms in total. The first-order valence-corrected chi connectivity index (χ1v) is 10.9. The van der Waals surface area contributed by atoms with Crippen molar-refractivity contribution in [2.45, 2.75) is 32.9 Å². The van der Waals surface area contributed by atoms with Crippen LogP contribution < -0.4 is 14.2 Å². The van der Waals surface area contributed by atoms with Crippen molar-refractivity contribution in [3.05, 3.63) is 77.6 Å². The van der Waals surface area contributed by atoms with E-state index in [-0.39, 0.29) is 5.91 Å². The van der Waals surface area contributed by atoms with Gasteiger partial charge in [0.2, 0.25) is 0 Å². The predicted molar refractivity (Wildman–Crippen MR) is 126 cm³/mol. The first-order chi connectivity index (χ1) is 15.6. The highest BCUT2D eigenvalue weighted by atomic mass is 16.5. The van der Waals surface area contributed by atoms with E-state index in [1.54, 1.807) is 39.5 Å². The maximum Gasteiger partial charge on any atom is 0.254 e. The average Bonchev–Trinajstić information content (AvgIpc) is 3.27. The molecule has 0 saturated heterocycles. The van der Waals surface area contributed by atoms with Gasteiger partial charge >= 0.3 is 0 Å². The molecule has 2 aromatic carbocycles. The predicted octanol–water partition coefficient (Wildman–Crippen LogP) is 5.00. The van der Waals surface area contributed by atoms with E-state index in [0.29, 0.717) is 36.7 Å².